The Bertz CT molecular complexity index is 377. The van der Waals surface area contributed by atoms with Crippen molar-refractivity contribution in [3.63, 3.8) is 0 Å². The van der Waals surface area contributed by atoms with Crippen molar-refractivity contribution in [3.8, 4) is 0 Å². The normalized spacial score (nSPS) is 21.4. The Morgan fingerprint density at radius 1 is 1.23 bits per heavy atom. The fourth-order valence-electron chi connectivity index (χ4n) is 1.13. The summed E-state index contributed by atoms with van der Waals surface area (Å²) >= 11 is 0. The molecule has 0 aromatic rings. The van der Waals surface area contributed by atoms with Gasteiger partial charge in [0, 0.05) is 18.8 Å². The maximum atomic E-state index is 11.2. The van der Waals surface area contributed by atoms with Crippen LogP contribution in [0.25, 0.3) is 0 Å². The van der Waals surface area contributed by atoms with Gasteiger partial charge in [0.05, 0.1) is 11.5 Å². The van der Waals surface area contributed by atoms with E-state index in [2.05, 4.69) is 0 Å². The van der Waals surface area contributed by atoms with Gasteiger partial charge in [-0.05, 0) is 0 Å². The third-order valence-corrected chi connectivity index (χ3v) is 5.55. The topological polar surface area (TPSA) is 71.5 Å². The summed E-state index contributed by atoms with van der Waals surface area (Å²) in [6, 6.07) is 0. The molecule has 0 radical (unpaired) electrons. The van der Waals surface area contributed by atoms with Gasteiger partial charge in [-0.15, -0.1) is 0 Å². The van der Waals surface area contributed by atoms with Crippen LogP contribution < -0.4 is 0 Å². The average Bonchev–Trinajstić information content (AvgIpc) is 1.79. The molecule has 0 amide bonds. The molecule has 0 aliphatic carbocycles. The van der Waals surface area contributed by atoms with Crippen molar-refractivity contribution in [2.45, 2.75) is 12.2 Å². The van der Waals surface area contributed by atoms with E-state index < -0.39 is 25.1 Å². The van der Waals surface area contributed by atoms with Crippen LogP contribution in [0.4, 0.5) is 0 Å². The predicted molar refractivity (Wildman–Crippen MR) is 49.7 cm³/mol. The van der Waals surface area contributed by atoms with Gasteiger partial charge in [-0.25, -0.2) is 16.8 Å². The highest BCUT2D eigenvalue weighted by Gasteiger charge is 2.40. The van der Waals surface area contributed by atoms with Crippen LogP contribution in [-0.4, -0.2) is 51.5 Å². The molecule has 1 aliphatic rings. The summed E-state index contributed by atoms with van der Waals surface area (Å²) in [6.07, 6.45) is 1.09. The van der Waals surface area contributed by atoms with Gasteiger partial charge in [-0.2, -0.15) is 4.31 Å². The van der Waals surface area contributed by atoms with E-state index in [1.807, 2.05) is 0 Å². The smallest absolute Gasteiger partial charge is 0.211 e. The predicted octanol–water partition coefficient (Wildman–Crippen LogP) is -0.935. The highest BCUT2D eigenvalue weighted by Crippen LogP contribution is 2.19. The molecule has 0 atom stereocenters. The number of hydrogen-bond donors (Lipinski definition) is 0. The van der Waals surface area contributed by atoms with Crippen molar-refractivity contribution in [3.05, 3.63) is 0 Å². The monoisotopic (exact) mass is 227 g/mol. The molecule has 78 valence electrons. The van der Waals surface area contributed by atoms with E-state index >= 15 is 0 Å². The molecule has 0 aromatic carbocycles. The highest BCUT2D eigenvalue weighted by molar-refractivity contribution is 7.92. The molecule has 1 aliphatic heterocycles. The van der Waals surface area contributed by atoms with Gasteiger partial charge in [0.1, 0.15) is 0 Å². The number of sulfone groups is 1. The second-order valence-electron chi connectivity index (χ2n) is 3.15. The van der Waals surface area contributed by atoms with E-state index in [0.717, 1.165) is 6.26 Å². The zero-order chi connectivity index (χ0) is 10.3. The van der Waals surface area contributed by atoms with Crippen molar-refractivity contribution in [2.24, 2.45) is 0 Å². The first-order valence-electron chi connectivity index (χ1n) is 3.94. The van der Waals surface area contributed by atoms with E-state index in [1.165, 1.54) is 4.31 Å². The first-order chi connectivity index (χ1) is 5.77. The average molecular weight is 227 g/mol. The quantitative estimate of drug-likeness (QED) is 0.624. The number of sulfonamides is 1. The lowest BCUT2D eigenvalue weighted by Crippen LogP contribution is -2.56. The van der Waals surface area contributed by atoms with Crippen LogP contribution in [0.15, 0.2) is 0 Å². The Labute approximate surface area is 78.7 Å². The van der Waals surface area contributed by atoms with E-state index in [-0.39, 0.29) is 18.8 Å². The van der Waals surface area contributed by atoms with Gasteiger partial charge in [0.2, 0.25) is 10.0 Å². The van der Waals surface area contributed by atoms with Crippen molar-refractivity contribution >= 4 is 19.9 Å². The highest BCUT2D eigenvalue weighted by atomic mass is 32.2. The Balaban J connectivity index is 2.62. The molecule has 0 saturated carbocycles. The minimum atomic E-state index is -3.20. The molecule has 0 bridgehead atoms. The van der Waals surface area contributed by atoms with Crippen molar-refractivity contribution in [2.75, 3.05) is 25.1 Å². The van der Waals surface area contributed by atoms with Crippen molar-refractivity contribution in [1.29, 1.82) is 0 Å². The molecule has 0 aromatic heterocycles. The maximum absolute atomic E-state index is 11.2. The zero-order valence-electron chi connectivity index (χ0n) is 7.60. The zero-order valence-corrected chi connectivity index (χ0v) is 9.23. The largest absolute Gasteiger partial charge is 0.228 e. The maximum Gasteiger partial charge on any atom is 0.211 e. The second-order valence-corrected chi connectivity index (χ2v) is 7.71. The Morgan fingerprint density at radius 2 is 1.69 bits per heavy atom. The third kappa shape index (κ3) is 2.21. The summed E-state index contributed by atoms with van der Waals surface area (Å²) in [5.41, 5.74) is 0. The first-order valence-corrected chi connectivity index (χ1v) is 7.50. The lowest BCUT2D eigenvalue weighted by molar-refractivity contribution is 0.312. The minimum absolute atomic E-state index is 0.0786. The second kappa shape index (κ2) is 3.21. The van der Waals surface area contributed by atoms with Gasteiger partial charge < -0.3 is 0 Å². The molecule has 0 N–H and O–H groups in total. The first kappa shape index (κ1) is 10.9. The lowest BCUT2D eigenvalue weighted by atomic mass is 10.3. The van der Waals surface area contributed by atoms with E-state index in [9.17, 15) is 16.8 Å². The Morgan fingerprint density at radius 3 is 2.00 bits per heavy atom. The van der Waals surface area contributed by atoms with Crippen molar-refractivity contribution in [1.82, 2.24) is 4.31 Å². The van der Waals surface area contributed by atoms with Crippen LogP contribution >= 0.6 is 0 Å². The summed E-state index contributed by atoms with van der Waals surface area (Å²) in [7, 11) is -6.26. The minimum Gasteiger partial charge on any atom is -0.228 e. The molecular weight excluding hydrogens is 214 g/mol. The van der Waals surface area contributed by atoms with E-state index in [1.54, 1.807) is 6.92 Å². The van der Waals surface area contributed by atoms with E-state index in [0.29, 0.717) is 0 Å². The van der Waals surface area contributed by atoms with Gasteiger partial charge in [0.15, 0.2) is 9.84 Å². The van der Waals surface area contributed by atoms with E-state index in [4.69, 9.17) is 0 Å². The van der Waals surface area contributed by atoms with Crippen LogP contribution in [-0.2, 0) is 19.9 Å². The molecule has 0 spiro atoms. The molecule has 5 nitrogen and oxygen atoms in total. The lowest BCUT2D eigenvalue weighted by Gasteiger charge is -2.36. The van der Waals surface area contributed by atoms with Crippen LogP contribution in [0.5, 0.6) is 0 Å². The third-order valence-electron chi connectivity index (χ3n) is 2.19. The van der Waals surface area contributed by atoms with Crippen LogP contribution in [0.1, 0.15) is 6.92 Å². The van der Waals surface area contributed by atoms with Crippen LogP contribution in [0, 0.1) is 0 Å². The SMILES string of the molecule is CCS(=O)(=O)C1CN(S(C)(=O)=O)C1. The molecule has 1 rings (SSSR count). The summed E-state index contributed by atoms with van der Waals surface area (Å²) in [5, 5.41) is -0.493. The molecule has 1 heterocycles. The van der Waals surface area contributed by atoms with Gasteiger partial charge in [-0.3, -0.25) is 0 Å². The molecule has 7 heteroatoms. The summed E-state index contributed by atoms with van der Waals surface area (Å²) in [4.78, 5) is 0. The summed E-state index contributed by atoms with van der Waals surface area (Å²) in [5.74, 6) is 0.0786. The molecule has 1 fully saturated rings. The number of rotatable bonds is 3. The Hall–Kier alpha value is -0.140. The number of nitrogens with zero attached hydrogens (tertiary/aromatic N) is 1. The van der Waals surface area contributed by atoms with Crippen molar-refractivity contribution < 1.29 is 16.8 Å². The van der Waals surface area contributed by atoms with Gasteiger partial charge in [-0.1, -0.05) is 6.92 Å². The summed E-state index contributed by atoms with van der Waals surface area (Å²) < 4.78 is 45.4. The van der Waals surface area contributed by atoms with Gasteiger partial charge >= 0.3 is 0 Å². The van der Waals surface area contributed by atoms with Gasteiger partial charge in [0.25, 0.3) is 0 Å². The van der Waals surface area contributed by atoms with Crippen LogP contribution in [0.2, 0.25) is 0 Å². The van der Waals surface area contributed by atoms with Crippen LogP contribution in [0.3, 0.4) is 0 Å². The standard InChI is InChI=1S/C6H13NO4S2/c1-3-13(10,11)6-4-7(5-6)12(2,8)9/h6H,3-5H2,1-2H3. The fourth-order valence-corrected chi connectivity index (χ4v) is 3.51. The molecule has 1 saturated heterocycles. The molecular formula is C6H13NO4S2. The number of hydrogen-bond acceptors (Lipinski definition) is 4. The summed E-state index contributed by atoms with van der Waals surface area (Å²) in [6.45, 7) is 1.81. The molecule has 0 unspecified atom stereocenters. The Kier molecular flexibility index (Phi) is 2.70. The molecule has 13 heavy (non-hydrogen) atoms. The fraction of sp³-hybridized carbons (Fsp3) is 1.00.